The number of carbonyl (C=O) groups excluding carboxylic acids is 1. The van der Waals surface area contributed by atoms with E-state index in [-0.39, 0.29) is 17.8 Å². The lowest BCUT2D eigenvalue weighted by Crippen LogP contribution is -2.33. The lowest BCUT2D eigenvalue weighted by molar-refractivity contribution is -0.132. The first-order chi connectivity index (χ1) is 11.1. The van der Waals surface area contributed by atoms with E-state index in [1.54, 1.807) is 12.1 Å². The molecular weight excluding hydrogens is 357 g/mol. The Morgan fingerprint density at radius 3 is 2.39 bits per heavy atom. The number of carbonyl (C=O) groups is 1. The molecule has 0 spiro atoms. The molecule has 3 rings (SSSR count). The topological polar surface area (TPSA) is 20.3 Å². The highest BCUT2D eigenvalue weighted by molar-refractivity contribution is 9.10. The minimum Gasteiger partial charge on any atom is -0.335 e. The Labute approximate surface area is 144 Å². The van der Waals surface area contributed by atoms with Crippen molar-refractivity contribution in [3.63, 3.8) is 0 Å². The number of aryl methyl sites for hydroxylation is 1. The first-order valence-electron chi connectivity index (χ1n) is 7.91. The Bertz CT molecular complexity index is 699. The van der Waals surface area contributed by atoms with Gasteiger partial charge in [0.1, 0.15) is 5.82 Å². The highest BCUT2D eigenvalue weighted by Crippen LogP contribution is 2.30. The van der Waals surface area contributed by atoms with Gasteiger partial charge in [0.25, 0.3) is 0 Å². The van der Waals surface area contributed by atoms with Gasteiger partial charge in [-0.15, -0.1) is 0 Å². The van der Waals surface area contributed by atoms with E-state index in [2.05, 4.69) is 15.9 Å². The third-order valence-corrected chi connectivity index (χ3v) is 4.95. The van der Waals surface area contributed by atoms with Crippen LogP contribution in [-0.4, -0.2) is 16.8 Å². The maximum atomic E-state index is 13.9. The number of hydrogen-bond donors (Lipinski definition) is 0. The van der Waals surface area contributed by atoms with Crippen LogP contribution < -0.4 is 0 Å². The first-order valence-corrected chi connectivity index (χ1v) is 8.70. The third kappa shape index (κ3) is 4.20. The van der Waals surface area contributed by atoms with Crippen LogP contribution >= 0.6 is 15.9 Å². The molecule has 1 saturated carbocycles. The predicted molar refractivity (Wildman–Crippen MR) is 92.4 cm³/mol. The van der Waals surface area contributed by atoms with Crippen LogP contribution in [0.1, 0.15) is 30.4 Å². The molecule has 0 heterocycles. The zero-order valence-electron chi connectivity index (χ0n) is 12.8. The molecule has 1 fully saturated rings. The Kier molecular flexibility index (Phi) is 5.11. The molecule has 23 heavy (non-hydrogen) atoms. The van der Waals surface area contributed by atoms with Gasteiger partial charge in [-0.25, -0.2) is 4.39 Å². The van der Waals surface area contributed by atoms with E-state index in [1.165, 1.54) is 6.07 Å². The summed E-state index contributed by atoms with van der Waals surface area (Å²) in [6.45, 7) is 0.367. The van der Waals surface area contributed by atoms with Gasteiger partial charge in [-0.3, -0.25) is 4.79 Å². The standard InChI is InChI=1S/C19H19BrFNO/c20-17-7-3-1-5-14(17)9-12-19(23)22(16-10-11-16)13-15-6-2-4-8-18(15)21/h1-8,16H,9-13H2. The third-order valence-electron chi connectivity index (χ3n) is 4.17. The largest absolute Gasteiger partial charge is 0.335 e. The highest BCUT2D eigenvalue weighted by atomic mass is 79.9. The fraction of sp³-hybridized carbons (Fsp3) is 0.316. The van der Waals surface area contributed by atoms with E-state index in [4.69, 9.17) is 0 Å². The second-order valence-electron chi connectivity index (χ2n) is 5.94. The van der Waals surface area contributed by atoms with Crippen molar-refractivity contribution in [3.8, 4) is 0 Å². The van der Waals surface area contributed by atoms with Crippen molar-refractivity contribution in [2.24, 2.45) is 0 Å². The van der Waals surface area contributed by atoms with Gasteiger partial charge in [0.15, 0.2) is 0 Å². The van der Waals surface area contributed by atoms with Crippen LogP contribution in [0, 0.1) is 5.82 Å². The summed E-state index contributed by atoms with van der Waals surface area (Å²) in [6, 6.07) is 14.9. The molecule has 0 aliphatic heterocycles. The SMILES string of the molecule is O=C(CCc1ccccc1Br)N(Cc1ccccc1F)C1CC1. The van der Waals surface area contributed by atoms with Crippen molar-refractivity contribution in [3.05, 3.63) is 69.9 Å². The minimum absolute atomic E-state index is 0.103. The fourth-order valence-corrected chi connectivity index (χ4v) is 3.19. The van der Waals surface area contributed by atoms with Crippen LogP contribution in [0.25, 0.3) is 0 Å². The molecule has 0 unspecified atom stereocenters. The van der Waals surface area contributed by atoms with Gasteiger partial charge in [-0.1, -0.05) is 52.3 Å². The van der Waals surface area contributed by atoms with Crippen molar-refractivity contribution in [2.75, 3.05) is 0 Å². The van der Waals surface area contributed by atoms with E-state index in [0.717, 1.165) is 22.9 Å². The second kappa shape index (κ2) is 7.26. The van der Waals surface area contributed by atoms with Gasteiger partial charge in [0.05, 0.1) is 0 Å². The molecule has 1 aliphatic carbocycles. The normalized spacial score (nSPS) is 13.8. The molecule has 2 nitrogen and oxygen atoms in total. The molecule has 2 aromatic carbocycles. The maximum Gasteiger partial charge on any atom is 0.223 e. The molecule has 0 N–H and O–H groups in total. The summed E-state index contributed by atoms with van der Waals surface area (Å²) in [6.07, 6.45) is 3.19. The van der Waals surface area contributed by atoms with Gasteiger partial charge in [0, 0.05) is 29.0 Å². The van der Waals surface area contributed by atoms with Gasteiger partial charge < -0.3 is 4.90 Å². The molecule has 1 amide bonds. The van der Waals surface area contributed by atoms with Crippen molar-refractivity contribution < 1.29 is 9.18 Å². The Morgan fingerprint density at radius 2 is 1.74 bits per heavy atom. The van der Waals surface area contributed by atoms with E-state index >= 15 is 0 Å². The lowest BCUT2D eigenvalue weighted by atomic mass is 10.1. The first kappa shape index (κ1) is 16.2. The van der Waals surface area contributed by atoms with E-state index in [0.29, 0.717) is 24.9 Å². The second-order valence-corrected chi connectivity index (χ2v) is 6.79. The summed E-state index contributed by atoms with van der Waals surface area (Å²) in [7, 11) is 0. The van der Waals surface area contributed by atoms with Crippen LogP contribution in [0.5, 0.6) is 0 Å². The van der Waals surface area contributed by atoms with Crippen LogP contribution in [0.15, 0.2) is 53.0 Å². The highest BCUT2D eigenvalue weighted by Gasteiger charge is 2.32. The van der Waals surface area contributed by atoms with E-state index in [9.17, 15) is 9.18 Å². The lowest BCUT2D eigenvalue weighted by Gasteiger charge is -2.23. The summed E-state index contributed by atoms with van der Waals surface area (Å²) in [5.74, 6) is -0.136. The molecule has 4 heteroatoms. The van der Waals surface area contributed by atoms with E-state index < -0.39 is 0 Å². The number of nitrogens with zero attached hydrogens (tertiary/aromatic N) is 1. The number of benzene rings is 2. The molecule has 0 atom stereocenters. The maximum absolute atomic E-state index is 13.9. The van der Waals surface area contributed by atoms with Crippen LogP contribution in [-0.2, 0) is 17.8 Å². The molecule has 0 saturated heterocycles. The number of amides is 1. The van der Waals surface area contributed by atoms with Gasteiger partial charge >= 0.3 is 0 Å². The van der Waals surface area contributed by atoms with E-state index in [1.807, 2.05) is 35.2 Å². The Hall–Kier alpha value is -1.68. The number of hydrogen-bond acceptors (Lipinski definition) is 1. The van der Waals surface area contributed by atoms with Gasteiger partial charge in [0.2, 0.25) is 5.91 Å². The molecule has 0 bridgehead atoms. The molecule has 120 valence electrons. The molecule has 0 radical (unpaired) electrons. The minimum atomic E-state index is -0.239. The van der Waals surface area contributed by atoms with Crippen LogP contribution in [0.3, 0.4) is 0 Å². The predicted octanol–water partition coefficient (Wildman–Crippen LogP) is 4.71. The molecule has 1 aliphatic rings. The fourth-order valence-electron chi connectivity index (χ4n) is 2.70. The summed E-state index contributed by atoms with van der Waals surface area (Å²) in [5.41, 5.74) is 1.72. The van der Waals surface area contributed by atoms with Crippen LogP contribution in [0.2, 0.25) is 0 Å². The Morgan fingerprint density at radius 1 is 1.09 bits per heavy atom. The monoisotopic (exact) mass is 375 g/mol. The molecule has 0 aromatic heterocycles. The summed E-state index contributed by atoms with van der Waals surface area (Å²) in [4.78, 5) is 14.5. The molecule has 2 aromatic rings. The number of halogens is 2. The zero-order chi connectivity index (χ0) is 16.2. The smallest absolute Gasteiger partial charge is 0.223 e. The quantitative estimate of drug-likeness (QED) is 0.715. The zero-order valence-corrected chi connectivity index (χ0v) is 14.4. The summed E-state index contributed by atoms with van der Waals surface area (Å²) >= 11 is 3.51. The Balaban J connectivity index is 1.65. The summed E-state index contributed by atoms with van der Waals surface area (Å²) < 4.78 is 14.9. The summed E-state index contributed by atoms with van der Waals surface area (Å²) in [5, 5.41) is 0. The number of rotatable bonds is 6. The van der Waals surface area contributed by atoms with Crippen molar-refractivity contribution >= 4 is 21.8 Å². The average Bonchev–Trinajstić information content (AvgIpc) is 3.38. The van der Waals surface area contributed by atoms with Gasteiger partial charge in [-0.2, -0.15) is 0 Å². The average molecular weight is 376 g/mol. The van der Waals surface area contributed by atoms with Crippen molar-refractivity contribution in [1.82, 2.24) is 4.90 Å². The van der Waals surface area contributed by atoms with Crippen molar-refractivity contribution in [2.45, 2.75) is 38.3 Å². The molecular formula is C19H19BrFNO. The van der Waals surface area contributed by atoms with Gasteiger partial charge in [-0.05, 0) is 37.0 Å². The van der Waals surface area contributed by atoms with Crippen LogP contribution in [0.4, 0.5) is 4.39 Å². The van der Waals surface area contributed by atoms with Crippen molar-refractivity contribution in [1.29, 1.82) is 0 Å².